The second kappa shape index (κ2) is 6.11. The van der Waals surface area contributed by atoms with Crippen molar-refractivity contribution in [2.75, 3.05) is 0 Å². The van der Waals surface area contributed by atoms with E-state index in [1.807, 2.05) is 30.3 Å². The summed E-state index contributed by atoms with van der Waals surface area (Å²) >= 11 is -0.0944. The molecule has 0 unspecified atom stereocenters. The fourth-order valence-electron chi connectivity index (χ4n) is 2.58. The Morgan fingerprint density at radius 2 is 1.80 bits per heavy atom. The molecule has 2 rings (SSSR count). The van der Waals surface area contributed by atoms with Crippen molar-refractivity contribution in [3.05, 3.63) is 54.1 Å². The van der Waals surface area contributed by atoms with Crippen LogP contribution in [-0.2, 0) is 4.79 Å². The van der Waals surface area contributed by atoms with Gasteiger partial charge in [0.2, 0.25) is 0 Å². The van der Waals surface area contributed by atoms with Crippen LogP contribution in [0.25, 0.3) is 0 Å². The summed E-state index contributed by atoms with van der Waals surface area (Å²) in [6, 6.07) is 10.0. The molecule has 0 radical (unpaired) electrons. The molecule has 0 aromatic heterocycles. The van der Waals surface area contributed by atoms with E-state index in [1.54, 1.807) is 6.08 Å². The Hall–Kier alpha value is -1.11. The van der Waals surface area contributed by atoms with Gasteiger partial charge in [-0.2, -0.15) is 0 Å². The van der Waals surface area contributed by atoms with Crippen LogP contribution in [-0.4, -0.2) is 19.6 Å². The number of carbonyl (C=O) groups is 1. The Kier molecular flexibility index (Phi) is 4.67. The number of rotatable bonds is 5. The van der Waals surface area contributed by atoms with Crippen molar-refractivity contribution in [2.24, 2.45) is 17.3 Å². The van der Waals surface area contributed by atoms with E-state index < -0.39 is 0 Å². The van der Waals surface area contributed by atoms with Crippen LogP contribution in [0.15, 0.2) is 54.1 Å². The summed E-state index contributed by atoms with van der Waals surface area (Å²) in [5.74, 6) is 1.09. The molecule has 1 aliphatic carbocycles. The van der Waals surface area contributed by atoms with Crippen LogP contribution < -0.4 is 4.46 Å². The standard InChI is InChI=1S/C18H22OSe/c1-13(2)12-16-15(18(16,3)4)10-11-17(19)20-14-8-6-5-7-9-14/h5-12,15-16H,1-4H3/b11-10+/t15-,16-/m0/s1. The maximum atomic E-state index is 12.0. The summed E-state index contributed by atoms with van der Waals surface area (Å²) in [6.07, 6.45) is 6.26. The average molecular weight is 333 g/mol. The summed E-state index contributed by atoms with van der Waals surface area (Å²) in [7, 11) is 0. The molecule has 2 atom stereocenters. The number of hydrogen-bond acceptors (Lipinski definition) is 1. The molecule has 2 heteroatoms. The molecular weight excluding hydrogens is 311 g/mol. The molecule has 0 heterocycles. The van der Waals surface area contributed by atoms with Gasteiger partial charge >= 0.3 is 128 Å². The first kappa shape index (κ1) is 15.3. The van der Waals surface area contributed by atoms with Gasteiger partial charge < -0.3 is 0 Å². The summed E-state index contributed by atoms with van der Waals surface area (Å²) in [5.41, 5.74) is 1.66. The van der Waals surface area contributed by atoms with Gasteiger partial charge in [0.25, 0.3) is 0 Å². The first-order valence-electron chi connectivity index (χ1n) is 7.01. The van der Waals surface area contributed by atoms with Crippen LogP contribution in [0.5, 0.6) is 0 Å². The number of carbonyl (C=O) groups excluding carboxylic acids is 1. The van der Waals surface area contributed by atoms with E-state index in [4.69, 9.17) is 0 Å². The predicted molar refractivity (Wildman–Crippen MR) is 86.2 cm³/mol. The Labute approximate surface area is 128 Å². The van der Waals surface area contributed by atoms with Gasteiger partial charge in [0.05, 0.1) is 0 Å². The second-order valence-corrected chi connectivity index (χ2v) is 8.47. The molecule has 1 saturated carbocycles. The summed E-state index contributed by atoms with van der Waals surface area (Å²) in [5, 5.41) is 0. The van der Waals surface area contributed by atoms with Gasteiger partial charge in [-0.15, -0.1) is 0 Å². The van der Waals surface area contributed by atoms with E-state index in [-0.39, 0.29) is 19.6 Å². The zero-order chi connectivity index (χ0) is 14.8. The van der Waals surface area contributed by atoms with Crippen LogP contribution in [0.4, 0.5) is 0 Å². The van der Waals surface area contributed by atoms with Crippen LogP contribution in [0.2, 0.25) is 0 Å². The van der Waals surface area contributed by atoms with Crippen LogP contribution in [0.3, 0.4) is 0 Å². The Bertz CT molecular complexity index is 536. The van der Waals surface area contributed by atoms with Gasteiger partial charge in [0, 0.05) is 0 Å². The topological polar surface area (TPSA) is 17.1 Å². The van der Waals surface area contributed by atoms with Gasteiger partial charge in [0.15, 0.2) is 0 Å². The molecule has 1 aromatic carbocycles. The van der Waals surface area contributed by atoms with Crippen molar-refractivity contribution < 1.29 is 4.79 Å². The fourth-order valence-corrected chi connectivity index (χ4v) is 3.99. The minimum absolute atomic E-state index is 0.0944. The van der Waals surface area contributed by atoms with Gasteiger partial charge in [-0.3, -0.25) is 0 Å². The molecule has 1 aliphatic rings. The predicted octanol–water partition coefficient (Wildman–Crippen LogP) is 3.34. The summed E-state index contributed by atoms with van der Waals surface area (Å²) in [4.78, 5) is 12.0. The van der Waals surface area contributed by atoms with Crippen molar-refractivity contribution in [3.63, 3.8) is 0 Å². The molecule has 106 valence electrons. The fraction of sp³-hybridized carbons (Fsp3) is 0.389. The first-order valence-corrected chi connectivity index (χ1v) is 8.72. The van der Waals surface area contributed by atoms with E-state index in [2.05, 4.69) is 39.8 Å². The number of hydrogen-bond donors (Lipinski definition) is 0. The Morgan fingerprint density at radius 1 is 1.15 bits per heavy atom. The Balaban J connectivity index is 1.94. The van der Waals surface area contributed by atoms with Crippen molar-refractivity contribution >= 4 is 24.1 Å². The maximum absolute atomic E-state index is 12.0. The van der Waals surface area contributed by atoms with Crippen molar-refractivity contribution in [1.82, 2.24) is 0 Å². The zero-order valence-electron chi connectivity index (χ0n) is 12.6. The molecule has 1 nitrogen and oxygen atoms in total. The SMILES string of the molecule is CC(C)=C[C@H]1[C@H](/C=C/C(=O)[Se]c2ccccc2)C1(C)C. The summed E-state index contributed by atoms with van der Waals surface area (Å²) in [6.45, 7) is 8.83. The van der Waals surface area contributed by atoms with Gasteiger partial charge in [-0.1, -0.05) is 0 Å². The third-order valence-corrected chi connectivity index (χ3v) is 5.68. The molecule has 0 aliphatic heterocycles. The van der Waals surface area contributed by atoms with E-state index in [0.717, 1.165) is 4.46 Å². The second-order valence-electron chi connectivity index (χ2n) is 6.21. The van der Waals surface area contributed by atoms with E-state index >= 15 is 0 Å². The van der Waals surface area contributed by atoms with Gasteiger partial charge in [-0.25, -0.2) is 0 Å². The van der Waals surface area contributed by atoms with Crippen molar-refractivity contribution in [1.29, 1.82) is 0 Å². The van der Waals surface area contributed by atoms with Gasteiger partial charge in [0.1, 0.15) is 0 Å². The number of benzene rings is 1. The molecule has 0 bridgehead atoms. The molecular formula is C18H22OSe. The molecule has 1 aromatic rings. The first-order chi connectivity index (χ1) is 9.41. The van der Waals surface area contributed by atoms with Crippen molar-refractivity contribution in [2.45, 2.75) is 27.7 Å². The summed E-state index contributed by atoms with van der Waals surface area (Å²) < 4.78 is 1.40. The van der Waals surface area contributed by atoms with Crippen molar-refractivity contribution in [3.8, 4) is 0 Å². The third kappa shape index (κ3) is 3.71. The normalized spacial score (nSPS) is 23.6. The van der Waals surface area contributed by atoms with Crippen LogP contribution in [0.1, 0.15) is 27.7 Å². The van der Waals surface area contributed by atoms with E-state index in [0.29, 0.717) is 17.3 Å². The third-order valence-electron chi connectivity index (χ3n) is 3.91. The quantitative estimate of drug-likeness (QED) is 0.459. The van der Waals surface area contributed by atoms with E-state index in [1.165, 1.54) is 5.57 Å². The molecule has 0 spiro atoms. The van der Waals surface area contributed by atoms with Gasteiger partial charge in [-0.05, 0) is 0 Å². The molecule has 0 N–H and O–H groups in total. The molecule has 0 saturated heterocycles. The number of allylic oxidation sites excluding steroid dienone is 4. The molecule has 20 heavy (non-hydrogen) atoms. The van der Waals surface area contributed by atoms with Crippen LogP contribution >= 0.6 is 0 Å². The monoisotopic (exact) mass is 334 g/mol. The molecule has 1 fully saturated rings. The van der Waals surface area contributed by atoms with Crippen LogP contribution in [0, 0.1) is 17.3 Å². The minimum atomic E-state index is -0.0944. The van der Waals surface area contributed by atoms with E-state index in [9.17, 15) is 4.79 Å². The molecule has 0 amide bonds. The Morgan fingerprint density at radius 3 is 2.40 bits per heavy atom. The average Bonchev–Trinajstić information content (AvgIpc) is 2.88. The zero-order valence-corrected chi connectivity index (χ0v) is 14.3.